The van der Waals surface area contributed by atoms with Gasteiger partial charge in [0.2, 0.25) is 5.13 Å². The molecule has 0 atom stereocenters. The summed E-state index contributed by atoms with van der Waals surface area (Å²) in [6.07, 6.45) is 8.79. The highest BCUT2D eigenvalue weighted by molar-refractivity contribution is 7.09. The molecule has 96 valence electrons. The molecule has 1 aromatic rings. The van der Waals surface area contributed by atoms with Gasteiger partial charge in [0.25, 0.3) is 0 Å². The fraction of sp³-hybridized carbons (Fsp3) is 0.833. The summed E-state index contributed by atoms with van der Waals surface area (Å²) < 4.78 is 9.36. The summed E-state index contributed by atoms with van der Waals surface area (Å²) in [4.78, 5) is 4.49. The van der Waals surface area contributed by atoms with Crippen LogP contribution in [0.4, 0.5) is 5.13 Å². The Hall–Kier alpha value is -0.680. The molecule has 0 unspecified atom stereocenters. The second kappa shape index (κ2) is 6.91. The molecule has 1 aliphatic rings. The lowest BCUT2D eigenvalue weighted by atomic mass is 10.1. The summed E-state index contributed by atoms with van der Waals surface area (Å²) in [5, 5.41) is 4.50. The highest BCUT2D eigenvalue weighted by Crippen LogP contribution is 2.22. The van der Waals surface area contributed by atoms with E-state index in [9.17, 15) is 0 Å². The van der Waals surface area contributed by atoms with E-state index in [1.54, 1.807) is 7.11 Å². The molecule has 0 amide bonds. The first-order valence-corrected chi connectivity index (χ1v) is 7.24. The fourth-order valence-corrected chi connectivity index (χ4v) is 2.90. The molecule has 2 rings (SSSR count). The number of methoxy groups -OCH3 is 1. The summed E-state index contributed by atoms with van der Waals surface area (Å²) in [5.41, 5.74) is 0. The van der Waals surface area contributed by atoms with Crippen molar-refractivity contribution in [1.29, 1.82) is 0 Å². The first-order valence-electron chi connectivity index (χ1n) is 6.46. The lowest BCUT2D eigenvalue weighted by Gasteiger charge is -2.14. The Balaban J connectivity index is 1.82. The molecular weight excluding hydrogens is 234 g/mol. The Morgan fingerprint density at radius 3 is 2.76 bits per heavy atom. The zero-order chi connectivity index (χ0) is 11.9. The van der Waals surface area contributed by atoms with Crippen molar-refractivity contribution >= 4 is 16.7 Å². The van der Waals surface area contributed by atoms with E-state index in [0.29, 0.717) is 12.6 Å². The molecule has 5 heteroatoms. The molecule has 1 saturated carbocycles. The molecule has 1 aromatic heterocycles. The Bertz CT molecular complexity index is 321. The van der Waals surface area contributed by atoms with Crippen LogP contribution in [0.1, 0.15) is 44.3 Å². The number of rotatable bonds is 5. The molecule has 0 radical (unpaired) electrons. The predicted molar refractivity (Wildman–Crippen MR) is 70.6 cm³/mol. The van der Waals surface area contributed by atoms with E-state index in [-0.39, 0.29) is 0 Å². The van der Waals surface area contributed by atoms with Crippen LogP contribution in [0.2, 0.25) is 0 Å². The third-order valence-electron chi connectivity index (χ3n) is 3.18. The van der Waals surface area contributed by atoms with Crippen molar-refractivity contribution in [3.63, 3.8) is 0 Å². The molecule has 0 aliphatic heterocycles. The van der Waals surface area contributed by atoms with Gasteiger partial charge in [0.15, 0.2) is 0 Å². The smallest absolute Gasteiger partial charge is 0.202 e. The van der Waals surface area contributed by atoms with Crippen molar-refractivity contribution in [2.45, 2.75) is 51.0 Å². The van der Waals surface area contributed by atoms with E-state index in [2.05, 4.69) is 14.7 Å². The minimum Gasteiger partial charge on any atom is -0.384 e. The molecule has 0 saturated heterocycles. The van der Waals surface area contributed by atoms with Crippen molar-refractivity contribution in [2.75, 3.05) is 19.0 Å². The highest BCUT2D eigenvalue weighted by Gasteiger charge is 2.13. The first kappa shape index (κ1) is 12.8. The normalized spacial score (nSPS) is 17.9. The highest BCUT2D eigenvalue weighted by atomic mass is 32.1. The fourth-order valence-electron chi connectivity index (χ4n) is 2.21. The van der Waals surface area contributed by atoms with Gasteiger partial charge in [0.1, 0.15) is 5.82 Å². The number of hydrogen-bond donors (Lipinski definition) is 1. The second-order valence-electron chi connectivity index (χ2n) is 4.59. The molecule has 0 aromatic carbocycles. The van der Waals surface area contributed by atoms with Crippen LogP contribution >= 0.6 is 11.5 Å². The number of nitrogens with one attached hydrogen (secondary N) is 1. The Morgan fingerprint density at radius 2 is 2.06 bits per heavy atom. The summed E-state index contributed by atoms with van der Waals surface area (Å²) in [7, 11) is 1.71. The molecule has 17 heavy (non-hydrogen) atoms. The second-order valence-corrected chi connectivity index (χ2v) is 5.34. The largest absolute Gasteiger partial charge is 0.384 e. The summed E-state index contributed by atoms with van der Waals surface area (Å²) in [6, 6.07) is 0.598. The van der Waals surface area contributed by atoms with Gasteiger partial charge in [-0.25, -0.2) is 4.98 Å². The molecular formula is C12H21N3OS. The zero-order valence-corrected chi connectivity index (χ0v) is 11.3. The van der Waals surface area contributed by atoms with Gasteiger partial charge in [-0.15, -0.1) is 0 Å². The minimum absolute atomic E-state index is 0.598. The van der Waals surface area contributed by atoms with Crippen molar-refractivity contribution < 1.29 is 4.74 Å². The molecule has 4 nitrogen and oxygen atoms in total. The maximum absolute atomic E-state index is 5.03. The summed E-state index contributed by atoms with van der Waals surface area (Å²) >= 11 is 1.47. The maximum atomic E-state index is 5.03. The standard InChI is InChI=1S/C12H21N3OS/c1-16-9-8-11-14-12(17-15-11)13-10-6-4-2-3-5-7-10/h10H,2-9H2,1H3,(H,13,14,15). The van der Waals surface area contributed by atoms with E-state index >= 15 is 0 Å². The zero-order valence-electron chi connectivity index (χ0n) is 10.4. The molecule has 1 N–H and O–H groups in total. The topological polar surface area (TPSA) is 47.0 Å². The summed E-state index contributed by atoms with van der Waals surface area (Å²) in [6.45, 7) is 0.694. The van der Waals surface area contributed by atoms with Crippen LogP contribution in [0.3, 0.4) is 0 Å². The van der Waals surface area contributed by atoms with Gasteiger partial charge in [-0.2, -0.15) is 4.37 Å². The molecule has 0 bridgehead atoms. The van der Waals surface area contributed by atoms with Crippen LogP contribution in [-0.2, 0) is 11.2 Å². The predicted octanol–water partition coefficient (Wildman–Crippen LogP) is 2.86. The van der Waals surface area contributed by atoms with Crippen molar-refractivity contribution in [1.82, 2.24) is 9.36 Å². The number of aromatic nitrogens is 2. The van der Waals surface area contributed by atoms with Gasteiger partial charge < -0.3 is 10.1 Å². The molecule has 0 spiro atoms. The van der Waals surface area contributed by atoms with E-state index in [1.165, 1.54) is 50.1 Å². The van der Waals surface area contributed by atoms with E-state index < -0.39 is 0 Å². The Kier molecular flexibility index (Phi) is 5.19. The molecule has 1 fully saturated rings. The third-order valence-corrected chi connectivity index (χ3v) is 3.86. The van der Waals surface area contributed by atoms with Crippen LogP contribution in [0.15, 0.2) is 0 Å². The van der Waals surface area contributed by atoms with Crippen molar-refractivity contribution in [3.05, 3.63) is 5.82 Å². The lowest BCUT2D eigenvalue weighted by Crippen LogP contribution is -2.18. The average Bonchev–Trinajstić information content (AvgIpc) is 2.61. The average molecular weight is 255 g/mol. The van der Waals surface area contributed by atoms with Gasteiger partial charge in [0.05, 0.1) is 6.61 Å². The Labute approximate surface area is 107 Å². The van der Waals surface area contributed by atoms with Crippen LogP contribution in [-0.4, -0.2) is 29.1 Å². The van der Waals surface area contributed by atoms with Crippen LogP contribution in [0.5, 0.6) is 0 Å². The van der Waals surface area contributed by atoms with Gasteiger partial charge >= 0.3 is 0 Å². The van der Waals surface area contributed by atoms with E-state index in [1.807, 2.05) is 0 Å². The van der Waals surface area contributed by atoms with Crippen LogP contribution in [0.25, 0.3) is 0 Å². The van der Waals surface area contributed by atoms with Gasteiger partial charge in [-0.1, -0.05) is 25.7 Å². The van der Waals surface area contributed by atoms with Gasteiger partial charge in [0, 0.05) is 31.1 Å². The van der Waals surface area contributed by atoms with Crippen molar-refractivity contribution in [2.24, 2.45) is 0 Å². The summed E-state index contributed by atoms with van der Waals surface area (Å²) in [5.74, 6) is 0.896. The van der Waals surface area contributed by atoms with Gasteiger partial charge in [-0.3, -0.25) is 0 Å². The first-order chi connectivity index (χ1) is 8.38. The van der Waals surface area contributed by atoms with E-state index in [0.717, 1.165) is 17.4 Å². The quantitative estimate of drug-likeness (QED) is 0.822. The number of hydrogen-bond acceptors (Lipinski definition) is 5. The van der Waals surface area contributed by atoms with Crippen LogP contribution in [0, 0.1) is 0 Å². The lowest BCUT2D eigenvalue weighted by molar-refractivity contribution is 0.201. The number of anilines is 1. The SMILES string of the molecule is COCCc1nsc(NC2CCCCCC2)n1. The van der Waals surface area contributed by atoms with Gasteiger partial charge in [-0.05, 0) is 12.8 Å². The number of nitrogens with zero attached hydrogens (tertiary/aromatic N) is 2. The number of ether oxygens (including phenoxy) is 1. The minimum atomic E-state index is 0.598. The molecule has 1 heterocycles. The Morgan fingerprint density at radius 1 is 1.29 bits per heavy atom. The monoisotopic (exact) mass is 255 g/mol. The van der Waals surface area contributed by atoms with E-state index in [4.69, 9.17) is 4.74 Å². The van der Waals surface area contributed by atoms with Crippen molar-refractivity contribution in [3.8, 4) is 0 Å². The van der Waals surface area contributed by atoms with Crippen LogP contribution < -0.4 is 5.32 Å². The third kappa shape index (κ3) is 4.24. The maximum Gasteiger partial charge on any atom is 0.202 e. The molecule has 1 aliphatic carbocycles.